The molecule has 0 saturated carbocycles. The van der Waals surface area contributed by atoms with E-state index in [0.29, 0.717) is 6.61 Å². The monoisotopic (exact) mass is 177 g/mol. The van der Waals surface area contributed by atoms with Crippen LogP contribution in [0.3, 0.4) is 0 Å². The Morgan fingerprint density at radius 1 is 1.17 bits per heavy atom. The second kappa shape index (κ2) is 6.37. The van der Waals surface area contributed by atoms with Crippen LogP contribution in [0.4, 0.5) is 0 Å². The van der Waals surface area contributed by atoms with Crippen LogP contribution in [0, 0.1) is 11.8 Å². The van der Waals surface area contributed by atoms with Crippen molar-refractivity contribution < 1.29 is 20.1 Å². The Hall–Kier alpha value is -0.160. The third-order valence-corrected chi connectivity index (χ3v) is 1.70. The maximum Gasteiger partial charge on any atom is 0.0629 e. The van der Waals surface area contributed by atoms with Gasteiger partial charge in [0.1, 0.15) is 0 Å². The minimum absolute atomic E-state index is 0.167. The predicted octanol–water partition coefficient (Wildman–Crippen LogP) is -0.810. The first-order chi connectivity index (χ1) is 5.74. The van der Waals surface area contributed by atoms with Gasteiger partial charge in [0.15, 0.2) is 0 Å². The van der Waals surface area contributed by atoms with Crippen molar-refractivity contribution in [2.24, 2.45) is 5.41 Å². The van der Waals surface area contributed by atoms with E-state index < -0.39 is 5.41 Å². The SMILES string of the molecule is C[CH]COCC(CO)(CO)CO. The Labute approximate surface area is 72.8 Å². The predicted molar refractivity (Wildman–Crippen MR) is 44.5 cm³/mol. The molecule has 0 aromatic rings. The third kappa shape index (κ3) is 3.49. The quantitative estimate of drug-likeness (QED) is 0.445. The van der Waals surface area contributed by atoms with Crippen molar-refractivity contribution in [3.8, 4) is 0 Å². The zero-order valence-electron chi connectivity index (χ0n) is 7.36. The molecule has 0 fully saturated rings. The van der Waals surface area contributed by atoms with Gasteiger partial charge in [-0.25, -0.2) is 0 Å². The van der Waals surface area contributed by atoms with E-state index in [1.807, 2.05) is 13.3 Å². The van der Waals surface area contributed by atoms with Gasteiger partial charge in [-0.05, 0) is 6.42 Å². The molecule has 4 nitrogen and oxygen atoms in total. The second-order valence-electron chi connectivity index (χ2n) is 2.90. The lowest BCUT2D eigenvalue weighted by molar-refractivity contribution is -0.0538. The van der Waals surface area contributed by atoms with Crippen molar-refractivity contribution >= 4 is 0 Å². The van der Waals surface area contributed by atoms with Gasteiger partial charge in [-0.1, -0.05) is 6.92 Å². The van der Waals surface area contributed by atoms with Gasteiger partial charge in [0.2, 0.25) is 0 Å². The fraction of sp³-hybridized carbons (Fsp3) is 0.875. The molecule has 0 aromatic carbocycles. The number of hydrogen-bond acceptors (Lipinski definition) is 4. The molecule has 0 aromatic heterocycles. The molecule has 0 bridgehead atoms. The summed E-state index contributed by atoms with van der Waals surface area (Å²) in [5.74, 6) is 0. The summed E-state index contributed by atoms with van der Waals surface area (Å²) >= 11 is 0. The van der Waals surface area contributed by atoms with Crippen molar-refractivity contribution in [2.45, 2.75) is 6.92 Å². The van der Waals surface area contributed by atoms with Gasteiger partial charge in [0, 0.05) is 6.61 Å². The summed E-state index contributed by atoms with van der Waals surface area (Å²) in [6.07, 6.45) is 1.82. The summed E-state index contributed by atoms with van der Waals surface area (Å²) in [5, 5.41) is 26.6. The van der Waals surface area contributed by atoms with E-state index in [1.165, 1.54) is 0 Å². The molecule has 0 aliphatic carbocycles. The van der Waals surface area contributed by atoms with Crippen LogP contribution >= 0.6 is 0 Å². The minimum atomic E-state index is -0.900. The first-order valence-corrected chi connectivity index (χ1v) is 3.93. The fourth-order valence-corrected chi connectivity index (χ4v) is 0.680. The summed E-state index contributed by atoms with van der Waals surface area (Å²) in [6.45, 7) is 1.65. The van der Waals surface area contributed by atoms with Crippen LogP contribution in [0.5, 0.6) is 0 Å². The molecular weight excluding hydrogens is 160 g/mol. The topological polar surface area (TPSA) is 69.9 Å². The Kier molecular flexibility index (Phi) is 6.28. The lowest BCUT2D eigenvalue weighted by Gasteiger charge is -2.26. The summed E-state index contributed by atoms with van der Waals surface area (Å²) in [4.78, 5) is 0. The molecular formula is C8H17O4. The van der Waals surface area contributed by atoms with E-state index in [0.717, 1.165) is 0 Å². The van der Waals surface area contributed by atoms with Crippen LogP contribution in [0.2, 0.25) is 0 Å². The zero-order valence-corrected chi connectivity index (χ0v) is 7.36. The molecule has 3 N–H and O–H groups in total. The first kappa shape index (κ1) is 11.8. The number of ether oxygens (including phenoxy) is 1. The van der Waals surface area contributed by atoms with Gasteiger partial charge in [-0.2, -0.15) is 0 Å². The van der Waals surface area contributed by atoms with Crippen LogP contribution in [-0.4, -0.2) is 48.4 Å². The van der Waals surface area contributed by atoms with Crippen molar-refractivity contribution in [3.63, 3.8) is 0 Å². The highest BCUT2D eigenvalue weighted by Crippen LogP contribution is 2.14. The zero-order chi connectivity index (χ0) is 9.45. The summed E-state index contributed by atoms with van der Waals surface area (Å²) in [7, 11) is 0. The lowest BCUT2D eigenvalue weighted by Crippen LogP contribution is -2.38. The first-order valence-electron chi connectivity index (χ1n) is 3.93. The Balaban J connectivity index is 3.76. The van der Waals surface area contributed by atoms with Crippen LogP contribution in [-0.2, 0) is 4.74 Å². The van der Waals surface area contributed by atoms with Crippen molar-refractivity contribution in [3.05, 3.63) is 6.42 Å². The number of aliphatic hydroxyl groups is 3. The molecule has 12 heavy (non-hydrogen) atoms. The maximum absolute atomic E-state index is 8.87. The molecule has 0 aliphatic heterocycles. The van der Waals surface area contributed by atoms with Crippen molar-refractivity contribution in [2.75, 3.05) is 33.0 Å². The smallest absolute Gasteiger partial charge is 0.0629 e. The summed E-state index contributed by atoms with van der Waals surface area (Å²) < 4.78 is 5.09. The summed E-state index contributed by atoms with van der Waals surface area (Å²) in [6, 6.07) is 0. The molecule has 0 saturated heterocycles. The van der Waals surface area contributed by atoms with Gasteiger partial charge in [-0.15, -0.1) is 0 Å². The van der Waals surface area contributed by atoms with Crippen LogP contribution in [0.25, 0.3) is 0 Å². The molecule has 0 atom stereocenters. The minimum Gasteiger partial charge on any atom is -0.396 e. The van der Waals surface area contributed by atoms with Crippen LogP contribution in [0.15, 0.2) is 0 Å². The number of hydrogen-bond donors (Lipinski definition) is 3. The fourth-order valence-electron chi connectivity index (χ4n) is 0.680. The average molecular weight is 177 g/mol. The average Bonchev–Trinajstić information content (AvgIpc) is 2.14. The highest BCUT2D eigenvalue weighted by Gasteiger charge is 2.28. The lowest BCUT2D eigenvalue weighted by atomic mass is 9.93. The van der Waals surface area contributed by atoms with E-state index in [4.69, 9.17) is 20.1 Å². The highest BCUT2D eigenvalue weighted by molar-refractivity contribution is 4.76. The van der Waals surface area contributed by atoms with E-state index in [9.17, 15) is 0 Å². The maximum atomic E-state index is 8.87. The van der Waals surface area contributed by atoms with Gasteiger partial charge >= 0.3 is 0 Å². The molecule has 0 heterocycles. The molecule has 0 rings (SSSR count). The molecule has 0 amide bonds. The second-order valence-corrected chi connectivity index (χ2v) is 2.90. The molecule has 73 valence electrons. The summed E-state index contributed by atoms with van der Waals surface area (Å²) in [5.41, 5.74) is -0.900. The number of rotatable bonds is 7. The van der Waals surface area contributed by atoms with Crippen molar-refractivity contribution in [1.29, 1.82) is 0 Å². The molecule has 0 aliphatic rings. The van der Waals surface area contributed by atoms with Gasteiger partial charge in [0.05, 0.1) is 31.8 Å². The standard InChI is InChI=1S/C8H17O4/c1-2-3-12-7-8(4-9,5-10)6-11/h2,9-11H,3-7H2,1H3. The molecule has 0 unspecified atom stereocenters. The van der Waals surface area contributed by atoms with Crippen LogP contribution < -0.4 is 0 Å². The third-order valence-electron chi connectivity index (χ3n) is 1.70. The molecule has 1 radical (unpaired) electrons. The van der Waals surface area contributed by atoms with Crippen molar-refractivity contribution in [1.82, 2.24) is 0 Å². The Bertz CT molecular complexity index is 93.0. The Morgan fingerprint density at radius 2 is 1.67 bits per heavy atom. The molecule has 4 heteroatoms. The normalized spacial score (nSPS) is 12.0. The largest absolute Gasteiger partial charge is 0.396 e. The Morgan fingerprint density at radius 3 is 2.00 bits per heavy atom. The van der Waals surface area contributed by atoms with Gasteiger partial charge < -0.3 is 20.1 Å². The van der Waals surface area contributed by atoms with E-state index in [1.54, 1.807) is 0 Å². The van der Waals surface area contributed by atoms with E-state index in [-0.39, 0.29) is 26.4 Å². The van der Waals surface area contributed by atoms with Crippen LogP contribution in [0.1, 0.15) is 6.92 Å². The molecule has 0 spiro atoms. The van der Waals surface area contributed by atoms with E-state index >= 15 is 0 Å². The highest BCUT2D eigenvalue weighted by atomic mass is 16.5. The number of aliphatic hydroxyl groups excluding tert-OH is 3. The van der Waals surface area contributed by atoms with E-state index in [2.05, 4.69) is 0 Å². The van der Waals surface area contributed by atoms with Gasteiger partial charge in [-0.3, -0.25) is 0 Å². The van der Waals surface area contributed by atoms with Gasteiger partial charge in [0.25, 0.3) is 0 Å².